The molecule has 0 aliphatic carbocycles. The summed E-state index contributed by atoms with van der Waals surface area (Å²) < 4.78 is 15.9. The molecule has 0 saturated heterocycles. The van der Waals surface area contributed by atoms with E-state index in [1.54, 1.807) is 0 Å². The van der Waals surface area contributed by atoms with E-state index in [2.05, 4.69) is 0 Å². The molecule has 0 spiro atoms. The minimum atomic E-state index is -3.25. The van der Waals surface area contributed by atoms with Gasteiger partial charge in [-0.15, -0.1) is 0 Å². The number of hydrogen-bond acceptors (Lipinski definition) is 2. The Morgan fingerprint density at radius 3 is 2.45 bits per heavy atom. The minimum Gasteiger partial charge on any atom is -0.324 e. The highest BCUT2D eigenvalue weighted by molar-refractivity contribution is 7.52. The van der Waals surface area contributed by atoms with Crippen molar-refractivity contribution in [2.45, 2.75) is 27.2 Å². The third kappa shape index (κ3) is 6.54. The summed E-state index contributed by atoms with van der Waals surface area (Å²) in [5, 5.41) is 0. The Hall–Kier alpha value is 0.150. The van der Waals surface area contributed by atoms with Gasteiger partial charge in [-0.1, -0.05) is 20.8 Å². The molecular formula is C7H17O3P. The van der Waals surface area contributed by atoms with Gasteiger partial charge < -0.3 is 9.42 Å². The molecule has 3 nitrogen and oxygen atoms in total. The van der Waals surface area contributed by atoms with Crippen LogP contribution in [0.1, 0.15) is 27.2 Å². The summed E-state index contributed by atoms with van der Waals surface area (Å²) >= 11 is 0. The van der Waals surface area contributed by atoms with Crippen molar-refractivity contribution in [2.75, 3.05) is 12.8 Å². The van der Waals surface area contributed by atoms with Crippen LogP contribution >= 0.6 is 7.60 Å². The highest BCUT2D eigenvalue weighted by atomic mass is 31.2. The Balaban J connectivity index is 3.64. The van der Waals surface area contributed by atoms with Gasteiger partial charge in [-0.2, -0.15) is 0 Å². The molecule has 1 atom stereocenters. The lowest BCUT2D eigenvalue weighted by Gasteiger charge is -2.12. The van der Waals surface area contributed by atoms with Gasteiger partial charge in [0.05, 0.1) is 6.61 Å². The smallest absolute Gasteiger partial charge is 0.324 e. The highest BCUT2D eigenvalue weighted by Crippen LogP contribution is 2.42. The molecule has 0 heterocycles. The minimum absolute atomic E-state index is 0.264. The van der Waals surface area contributed by atoms with Gasteiger partial charge in [0.25, 0.3) is 0 Å². The second kappa shape index (κ2) is 4.91. The monoisotopic (exact) mass is 180 g/mol. The van der Waals surface area contributed by atoms with Gasteiger partial charge >= 0.3 is 7.60 Å². The van der Waals surface area contributed by atoms with E-state index in [1.807, 2.05) is 20.8 Å². The van der Waals surface area contributed by atoms with Gasteiger partial charge in [0, 0.05) is 6.16 Å². The van der Waals surface area contributed by atoms with Crippen molar-refractivity contribution in [1.82, 2.24) is 0 Å². The number of rotatable bonds is 5. The van der Waals surface area contributed by atoms with Crippen molar-refractivity contribution in [3.8, 4) is 0 Å². The predicted molar refractivity (Wildman–Crippen MR) is 45.8 cm³/mol. The van der Waals surface area contributed by atoms with Crippen molar-refractivity contribution < 1.29 is 14.0 Å². The Morgan fingerprint density at radius 2 is 2.09 bits per heavy atom. The Morgan fingerprint density at radius 1 is 1.55 bits per heavy atom. The first-order chi connectivity index (χ1) is 4.98. The van der Waals surface area contributed by atoms with Crippen LogP contribution < -0.4 is 0 Å². The molecule has 0 aromatic carbocycles. The highest BCUT2D eigenvalue weighted by Gasteiger charge is 2.17. The van der Waals surface area contributed by atoms with Crippen molar-refractivity contribution >= 4 is 7.60 Å². The van der Waals surface area contributed by atoms with E-state index in [0.29, 0.717) is 18.9 Å². The summed E-state index contributed by atoms with van der Waals surface area (Å²) in [5.74, 6) is 0.312. The lowest BCUT2D eigenvalue weighted by molar-refractivity contribution is 0.229. The van der Waals surface area contributed by atoms with Gasteiger partial charge in [-0.3, -0.25) is 4.57 Å². The fraction of sp³-hybridized carbons (Fsp3) is 1.00. The fourth-order valence-corrected chi connectivity index (χ4v) is 1.84. The molecule has 0 rings (SSSR count). The fourth-order valence-electron chi connectivity index (χ4n) is 0.613. The third-order valence-corrected chi connectivity index (χ3v) is 2.68. The molecule has 0 aromatic heterocycles. The van der Waals surface area contributed by atoms with Crippen molar-refractivity contribution in [3.05, 3.63) is 0 Å². The standard InChI is InChI=1S/C7H17O3P/c1-4-5-11(8,9)10-6-7(2)3/h7H,4-6H2,1-3H3,(H,8,9). The summed E-state index contributed by atoms with van der Waals surface area (Å²) in [6.45, 7) is 6.13. The van der Waals surface area contributed by atoms with Crippen LogP contribution in [0, 0.1) is 5.92 Å². The zero-order chi connectivity index (χ0) is 8.91. The van der Waals surface area contributed by atoms with E-state index in [9.17, 15) is 4.57 Å². The van der Waals surface area contributed by atoms with E-state index in [-0.39, 0.29) is 6.16 Å². The zero-order valence-electron chi connectivity index (χ0n) is 7.41. The van der Waals surface area contributed by atoms with Crippen LogP contribution in [-0.2, 0) is 9.09 Å². The van der Waals surface area contributed by atoms with E-state index in [0.717, 1.165) is 0 Å². The summed E-state index contributed by atoms with van der Waals surface area (Å²) in [7, 11) is -3.25. The van der Waals surface area contributed by atoms with Gasteiger partial charge in [0.1, 0.15) is 0 Å². The number of hydrogen-bond donors (Lipinski definition) is 1. The van der Waals surface area contributed by atoms with Crippen LogP contribution in [0.3, 0.4) is 0 Å². The lowest BCUT2D eigenvalue weighted by atomic mass is 10.2. The molecule has 0 fully saturated rings. The molecule has 0 aliphatic rings. The molecule has 4 heteroatoms. The maximum Gasteiger partial charge on any atom is 0.328 e. The topological polar surface area (TPSA) is 46.5 Å². The summed E-state index contributed by atoms with van der Waals surface area (Å²) in [6.07, 6.45) is 0.950. The lowest BCUT2D eigenvalue weighted by Crippen LogP contribution is -2.01. The second-order valence-electron chi connectivity index (χ2n) is 3.05. The van der Waals surface area contributed by atoms with Crippen LogP contribution in [0.15, 0.2) is 0 Å². The van der Waals surface area contributed by atoms with E-state index in [1.165, 1.54) is 0 Å². The van der Waals surface area contributed by atoms with E-state index >= 15 is 0 Å². The zero-order valence-corrected chi connectivity index (χ0v) is 8.30. The average Bonchev–Trinajstić information content (AvgIpc) is 1.84. The first-order valence-electron chi connectivity index (χ1n) is 3.94. The summed E-state index contributed by atoms with van der Waals surface area (Å²) in [5.41, 5.74) is 0. The maximum atomic E-state index is 11.1. The largest absolute Gasteiger partial charge is 0.328 e. The van der Waals surface area contributed by atoms with Crippen molar-refractivity contribution in [1.29, 1.82) is 0 Å². The van der Waals surface area contributed by atoms with Crippen LogP contribution in [0.2, 0.25) is 0 Å². The molecule has 1 unspecified atom stereocenters. The molecular weight excluding hydrogens is 163 g/mol. The van der Waals surface area contributed by atoms with Gasteiger partial charge in [0.2, 0.25) is 0 Å². The van der Waals surface area contributed by atoms with E-state index in [4.69, 9.17) is 9.42 Å². The van der Waals surface area contributed by atoms with Crippen molar-refractivity contribution in [2.24, 2.45) is 5.92 Å². The van der Waals surface area contributed by atoms with Crippen LogP contribution in [-0.4, -0.2) is 17.7 Å². The quantitative estimate of drug-likeness (QED) is 0.660. The Labute approximate surface area is 68.3 Å². The molecule has 11 heavy (non-hydrogen) atoms. The third-order valence-electron chi connectivity index (χ3n) is 1.12. The second-order valence-corrected chi connectivity index (χ2v) is 5.03. The molecule has 0 bridgehead atoms. The van der Waals surface area contributed by atoms with Gasteiger partial charge in [-0.25, -0.2) is 0 Å². The predicted octanol–water partition coefficient (Wildman–Crippen LogP) is 2.25. The molecule has 0 radical (unpaired) electrons. The van der Waals surface area contributed by atoms with Crippen molar-refractivity contribution in [3.63, 3.8) is 0 Å². The summed E-state index contributed by atoms with van der Waals surface area (Å²) in [6, 6.07) is 0. The van der Waals surface area contributed by atoms with E-state index < -0.39 is 7.60 Å². The van der Waals surface area contributed by atoms with Gasteiger partial charge in [-0.05, 0) is 12.3 Å². The van der Waals surface area contributed by atoms with Gasteiger partial charge in [0.15, 0.2) is 0 Å². The van der Waals surface area contributed by atoms with Crippen LogP contribution in [0.4, 0.5) is 0 Å². The molecule has 68 valence electrons. The molecule has 0 saturated carbocycles. The molecule has 1 N–H and O–H groups in total. The molecule has 0 aromatic rings. The maximum absolute atomic E-state index is 11.1. The Kier molecular flexibility index (Phi) is 4.98. The normalized spacial score (nSPS) is 16.8. The van der Waals surface area contributed by atoms with Crippen LogP contribution in [0.5, 0.6) is 0 Å². The first-order valence-corrected chi connectivity index (χ1v) is 5.70. The average molecular weight is 180 g/mol. The van der Waals surface area contributed by atoms with Crippen LogP contribution in [0.25, 0.3) is 0 Å². The Bertz CT molecular complexity index is 145. The first kappa shape index (κ1) is 11.2. The molecule has 0 aliphatic heterocycles. The SMILES string of the molecule is CCCP(=O)(O)OCC(C)C. The summed E-state index contributed by atoms with van der Waals surface area (Å²) in [4.78, 5) is 9.10. The molecule has 0 amide bonds.